The minimum Gasteiger partial charge on any atom is -0.440 e. The second-order valence-corrected chi connectivity index (χ2v) is 5.02. The molecule has 2 rings (SSSR count). The Balaban J connectivity index is 2.27. The van der Waals surface area contributed by atoms with Crippen molar-refractivity contribution in [1.82, 2.24) is 4.98 Å². The topological polar surface area (TPSA) is 69.4 Å². The highest BCUT2D eigenvalue weighted by Crippen LogP contribution is 2.28. The summed E-state index contributed by atoms with van der Waals surface area (Å²) in [5.74, 6) is -1.80. The van der Waals surface area contributed by atoms with Crippen molar-refractivity contribution in [1.29, 1.82) is 0 Å². The molecule has 0 aliphatic heterocycles. The molecule has 0 atom stereocenters. The predicted molar refractivity (Wildman–Crippen MR) is 57.5 cm³/mol. The Morgan fingerprint density at radius 2 is 1.95 bits per heavy atom. The summed E-state index contributed by atoms with van der Waals surface area (Å²) in [6.45, 7) is 0. The lowest BCUT2D eigenvalue weighted by molar-refractivity contribution is -0.0501. The van der Waals surface area contributed by atoms with Crippen LogP contribution in [0.1, 0.15) is 0 Å². The Bertz CT molecular complexity index is 723. The molecule has 1 heterocycles. The summed E-state index contributed by atoms with van der Waals surface area (Å²) in [6, 6.07) is 4.84. The van der Waals surface area contributed by atoms with Gasteiger partial charge in [0, 0.05) is 5.56 Å². The molecule has 0 bridgehead atoms. The van der Waals surface area contributed by atoms with Gasteiger partial charge in [0.25, 0.3) is 5.88 Å². The number of nitrogens with zero attached hydrogens (tertiary/aromatic N) is 1. The minimum atomic E-state index is -5.82. The Morgan fingerprint density at radius 3 is 2.55 bits per heavy atom. The SMILES string of the molecule is O=S(=O)(Oc1coc(-c2cccc(F)c2)n1)C(F)(F)F. The molecule has 20 heavy (non-hydrogen) atoms. The lowest BCUT2D eigenvalue weighted by atomic mass is 10.2. The first-order chi connectivity index (χ1) is 9.19. The van der Waals surface area contributed by atoms with E-state index in [2.05, 4.69) is 9.17 Å². The lowest BCUT2D eigenvalue weighted by Crippen LogP contribution is -2.28. The van der Waals surface area contributed by atoms with Gasteiger partial charge in [0.05, 0.1) is 0 Å². The summed E-state index contributed by atoms with van der Waals surface area (Å²) >= 11 is 0. The number of aromatic nitrogens is 1. The summed E-state index contributed by atoms with van der Waals surface area (Å²) in [6.07, 6.45) is 0.573. The second-order valence-electron chi connectivity index (χ2n) is 3.48. The van der Waals surface area contributed by atoms with E-state index in [1.807, 2.05) is 0 Å². The van der Waals surface area contributed by atoms with E-state index in [1.165, 1.54) is 12.1 Å². The molecule has 0 saturated carbocycles. The van der Waals surface area contributed by atoms with Crippen LogP contribution in [0.2, 0.25) is 0 Å². The molecule has 0 fully saturated rings. The van der Waals surface area contributed by atoms with E-state index in [0.29, 0.717) is 6.26 Å². The first kappa shape index (κ1) is 14.3. The van der Waals surface area contributed by atoms with Crippen molar-refractivity contribution in [3.63, 3.8) is 0 Å². The standard InChI is InChI=1S/C10H5F4NO4S/c11-7-3-1-2-6(4-7)9-15-8(5-18-9)19-20(16,17)10(12,13)14/h1-5H. The van der Waals surface area contributed by atoms with Gasteiger partial charge in [-0.1, -0.05) is 6.07 Å². The number of alkyl halides is 3. The highest BCUT2D eigenvalue weighted by atomic mass is 32.2. The van der Waals surface area contributed by atoms with Gasteiger partial charge in [-0.25, -0.2) is 4.39 Å². The molecule has 5 nitrogen and oxygen atoms in total. The molecule has 0 aliphatic rings. The molecule has 0 unspecified atom stereocenters. The van der Waals surface area contributed by atoms with E-state index < -0.39 is 27.3 Å². The average Bonchev–Trinajstić information content (AvgIpc) is 2.75. The molecular weight excluding hydrogens is 306 g/mol. The van der Waals surface area contributed by atoms with Crippen molar-refractivity contribution < 1.29 is 34.6 Å². The molecule has 0 saturated heterocycles. The minimum absolute atomic E-state index is 0.115. The van der Waals surface area contributed by atoms with Crippen LogP contribution in [0.4, 0.5) is 17.6 Å². The van der Waals surface area contributed by atoms with Crippen molar-refractivity contribution >= 4 is 10.1 Å². The van der Waals surface area contributed by atoms with Crippen LogP contribution in [0.15, 0.2) is 34.9 Å². The molecule has 0 aliphatic carbocycles. The van der Waals surface area contributed by atoms with Gasteiger partial charge in [0.1, 0.15) is 5.82 Å². The number of oxazole rings is 1. The predicted octanol–water partition coefficient (Wildman–Crippen LogP) is 2.71. The van der Waals surface area contributed by atoms with Crippen LogP contribution in [0.25, 0.3) is 11.5 Å². The van der Waals surface area contributed by atoms with Crippen LogP contribution in [0.3, 0.4) is 0 Å². The fourth-order valence-electron chi connectivity index (χ4n) is 1.21. The Kier molecular flexibility index (Phi) is 3.42. The largest absolute Gasteiger partial charge is 0.534 e. The van der Waals surface area contributed by atoms with Crippen LogP contribution in [-0.2, 0) is 10.1 Å². The molecular formula is C10H5F4NO4S. The van der Waals surface area contributed by atoms with Crippen LogP contribution in [-0.4, -0.2) is 18.9 Å². The number of hydrogen-bond acceptors (Lipinski definition) is 5. The van der Waals surface area contributed by atoms with Crippen molar-refractivity contribution in [2.24, 2.45) is 0 Å². The highest BCUT2D eigenvalue weighted by Gasteiger charge is 2.49. The summed E-state index contributed by atoms with van der Waals surface area (Å²) in [7, 11) is -5.82. The summed E-state index contributed by atoms with van der Waals surface area (Å²) in [5, 5.41) is 0. The maximum Gasteiger partial charge on any atom is 0.534 e. The quantitative estimate of drug-likeness (QED) is 0.495. The number of hydrogen-bond donors (Lipinski definition) is 0. The van der Waals surface area contributed by atoms with E-state index in [-0.39, 0.29) is 11.5 Å². The van der Waals surface area contributed by atoms with Gasteiger partial charge in [-0.15, -0.1) is 0 Å². The van der Waals surface area contributed by atoms with Gasteiger partial charge in [-0.2, -0.15) is 26.6 Å². The van der Waals surface area contributed by atoms with Gasteiger partial charge in [-0.05, 0) is 18.2 Å². The van der Waals surface area contributed by atoms with Gasteiger partial charge in [0.2, 0.25) is 5.89 Å². The molecule has 1 aromatic heterocycles. The zero-order chi connectivity index (χ0) is 15.0. The van der Waals surface area contributed by atoms with Crippen LogP contribution in [0, 0.1) is 5.82 Å². The third kappa shape index (κ3) is 2.90. The monoisotopic (exact) mass is 311 g/mol. The average molecular weight is 311 g/mol. The van der Waals surface area contributed by atoms with E-state index in [0.717, 1.165) is 12.1 Å². The van der Waals surface area contributed by atoms with Crippen LogP contribution >= 0.6 is 0 Å². The second kappa shape index (κ2) is 4.78. The molecule has 108 valence electrons. The van der Waals surface area contributed by atoms with Gasteiger partial charge in [-0.3, -0.25) is 0 Å². The normalized spacial score (nSPS) is 12.4. The third-order valence-corrected chi connectivity index (χ3v) is 2.99. The molecule has 0 spiro atoms. The molecule has 0 amide bonds. The van der Waals surface area contributed by atoms with Crippen LogP contribution < -0.4 is 4.18 Å². The third-order valence-electron chi connectivity index (χ3n) is 2.03. The smallest absolute Gasteiger partial charge is 0.440 e. The zero-order valence-corrected chi connectivity index (χ0v) is 10.2. The number of benzene rings is 1. The van der Waals surface area contributed by atoms with Gasteiger partial charge in [0.15, 0.2) is 6.26 Å². The Hall–Kier alpha value is -2.10. The fourth-order valence-corrected chi connectivity index (χ4v) is 1.61. The maximum absolute atomic E-state index is 12.9. The summed E-state index contributed by atoms with van der Waals surface area (Å²) < 4.78 is 79.1. The molecule has 0 N–H and O–H groups in total. The number of halogens is 4. The zero-order valence-electron chi connectivity index (χ0n) is 9.39. The van der Waals surface area contributed by atoms with E-state index in [9.17, 15) is 26.0 Å². The van der Waals surface area contributed by atoms with Crippen molar-refractivity contribution in [3.05, 3.63) is 36.3 Å². The number of rotatable bonds is 3. The lowest BCUT2D eigenvalue weighted by Gasteiger charge is -2.05. The van der Waals surface area contributed by atoms with Crippen molar-refractivity contribution in [2.45, 2.75) is 5.51 Å². The fraction of sp³-hybridized carbons (Fsp3) is 0.100. The van der Waals surface area contributed by atoms with Gasteiger partial charge < -0.3 is 8.60 Å². The van der Waals surface area contributed by atoms with E-state index in [4.69, 9.17) is 4.42 Å². The van der Waals surface area contributed by atoms with Crippen LogP contribution in [0.5, 0.6) is 5.88 Å². The maximum atomic E-state index is 12.9. The summed E-state index contributed by atoms with van der Waals surface area (Å²) in [5.41, 5.74) is -5.46. The summed E-state index contributed by atoms with van der Waals surface area (Å²) in [4.78, 5) is 3.39. The molecule has 2 aromatic rings. The first-order valence-electron chi connectivity index (χ1n) is 4.91. The van der Waals surface area contributed by atoms with Crippen molar-refractivity contribution in [3.8, 4) is 17.3 Å². The van der Waals surface area contributed by atoms with Gasteiger partial charge >= 0.3 is 15.6 Å². The Morgan fingerprint density at radius 1 is 1.25 bits per heavy atom. The van der Waals surface area contributed by atoms with E-state index >= 15 is 0 Å². The molecule has 1 aromatic carbocycles. The Labute approximate surface area is 109 Å². The van der Waals surface area contributed by atoms with Crippen molar-refractivity contribution in [2.75, 3.05) is 0 Å². The highest BCUT2D eigenvalue weighted by molar-refractivity contribution is 7.87. The first-order valence-corrected chi connectivity index (χ1v) is 6.32. The van der Waals surface area contributed by atoms with E-state index in [1.54, 1.807) is 0 Å². The molecule has 0 radical (unpaired) electrons. The molecule has 10 heteroatoms.